The number of carbonyl (C=O) groups is 2. The first-order chi connectivity index (χ1) is 12.6. The Morgan fingerprint density at radius 3 is 2.73 bits per heavy atom. The number of carbonyl (C=O) groups excluding carboxylic acids is 2. The van der Waals surface area contributed by atoms with Crippen molar-refractivity contribution < 1.29 is 14.0 Å². The zero-order chi connectivity index (χ0) is 18.3. The number of rotatable bonds is 2. The highest BCUT2D eigenvalue weighted by molar-refractivity contribution is 6.09. The van der Waals surface area contributed by atoms with Gasteiger partial charge in [-0.3, -0.25) is 9.59 Å². The molecule has 5 heteroatoms. The number of nitrogens with one attached hydrogen (secondary N) is 1. The van der Waals surface area contributed by atoms with E-state index < -0.39 is 6.04 Å². The molecule has 1 atom stereocenters. The molecule has 1 aliphatic heterocycles. The van der Waals surface area contributed by atoms with Crippen molar-refractivity contribution in [3.8, 4) is 0 Å². The SMILES string of the molecule is CNC(=O)[C@H]1CCCCN1C(=O)c1oc2c(ccc3ccccc32)c1C. The molecule has 0 spiro atoms. The van der Waals surface area contributed by atoms with Gasteiger partial charge in [0, 0.05) is 29.9 Å². The molecule has 0 saturated carbocycles. The molecular weight excluding hydrogens is 328 g/mol. The second-order valence-electron chi connectivity index (χ2n) is 6.84. The topological polar surface area (TPSA) is 62.6 Å². The number of hydrogen-bond donors (Lipinski definition) is 1. The van der Waals surface area contributed by atoms with Crippen molar-refractivity contribution in [1.82, 2.24) is 10.2 Å². The summed E-state index contributed by atoms with van der Waals surface area (Å²) < 4.78 is 6.07. The van der Waals surface area contributed by atoms with E-state index in [1.165, 1.54) is 0 Å². The highest BCUT2D eigenvalue weighted by atomic mass is 16.3. The number of hydrogen-bond acceptors (Lipinski definition) is 3. The quantitative estimate of drug-likeness (QED) is 0.767. The maximum atomic E-state index is 13.2. The molecule has 1 saturated heterocycles. The predicted octanol–water partition coefficient (Wildman–Crippen LogP) is 3.64. The Bertz CT molecular complexity index is 1010. The van der Waals surface area contributed by atoms with Crippen LogP contribution in [0.15, 0.2) is 40.8 Å². The molecule has 26 heavy (non-hydrogen) atoms. The standard InChI is InChI=1S/C21H22N2O3/c1-13-15-11-10-14-7-3-4-8-16(14)19(15)26-18(13)21(25)23-12-6-5-9-17(23)20(24)22-2/h3-4,7-8,10-11,17H,5-6,9,12H2,1-2H3,(H,22,24)/t17-/m1/s1. The minimum atomic E-state index is -0.425. The molecule has 1 N–H and O–H groups in total. The van der Waals surface area contributed by atoms with Gasteiger partial charge in [-0.25, -0.2) is 0 Å². The van der Waals surface area contributed by atoms with Gasteiger partial charge in [-0.2, -0.15) is 0 Å². The molecule has 1 fully saturated rings. The fraction of sp³-hybridized carbons (Fsp3) is 0.333. The number of likely N-dealkylation sites (N-methyl/N-ethyl adjacent to an activating group) is 1. The number of fused-ring (bicyclic) bond motifs is 3. The van der Waals surface area contributed by atoms with E-state index in [1.54, 1.807) is 11.9 Å². The number of piperidine rings is 1. The molecule has 2 heterocycles. The molecule has 1 aromatic heterocycles. The molecule has 3 aromatic rings. The average molecular weight is 350 g/mol. The molecule has 0 aliphatic carbocycles. The number of furan rings is 1. The Labute approximate surface area is 152 Å². The van der Waals surface area contributed by atoms with Crippen molar-refractivity contribution >= 4 is 33.6 Å². The van der Waals surface area contributed by atoms with Crippen LogP contribution in [-0.4, -0.2) is 36.3 Å². The first-order valence-corrected chi connectivity index (χ1v) is 9.05. The number of aryl methyl sites for hydroxylation is 1. The van der Waals surface area contributed by atoms with E-state index in [4.69, 9.17) is 4.42 Å². The van der Waals surface area contributed by atoms with E-state index in [9.17, 15) is 9.59 Å². The van der Waals surface area contributed by atoms with Gasteiger partial charge in [0.2, 0.25) is 5.91 Å². The van der Waals surface area contributed by atoms with E-state index in [-0.39, 0.29) is 11.8 Å². The second kappa shape index (κ2) is 6.48. The summed E-state index contributed by atoms with van der Waals surface area (Å²) in [5.41, 5.74) is 1.56. The van der Waals surface area contributed by atoms with E-state index in [2.05, 4.69) is 5.32 Å². The Morgan fingerprint density at radius 1 is 1.12 bits per heavy atom. The molecular formula is C21H22N2O3. The minimum Gasteiger partial charge on any atom is -0.450 e. The third-order valence-electron chi connectivity index (χ3n) is 5.34. The van der Waals surface area contributed by atoms with E-state index in [1.807, 2.05) is 43.3 Å². The van der Waals surface area contributed by atoms with Crippen LogP contribution >= 0.6 is 0 Å². The smallest absolute Gasteiger partial charge is 0.290 e. The van der Waals surface area contributed by atoms with Crippen LogP contribution in [0.2, 0.25) is 0 Å². The van der Waals surface area contributed by atoms with Crippen molar-refractivity contribution in [1.29, 1.82) is 0 Å². The number of amides is 2. The van der Waals surface area contributed by atoms with E-state index >= 15 is 0 Å². The third kappa shape index (κ3) is 2.55. The molecule has 4 rings (SSSR count). The first-order valence-electron chi connectivity index (χ1n) is 9.05. The van der Waals surface area contributed by atoms with Crippen molar-refractivity contribution in [2.45, 2.75) is 32.2 Å². The molecule has 2 amide bonds. The molecule has 2 aromatic carbocycles. The van der Waals surface area contributed by atoms with Crippen LogP contribution in [0, 0.1) is 6.92 Å². The van der Waals surface area contributed by atoms with Gasteiger partial charge in [0.15, 0.2) is 5.76 Å². The molecule has 1 aliphatic rings. The van der Waals surface area contributed by atoms with Gasteiger partial charge in [0.05, 0.1) is 0 Å². The van der Waals surface area contributed by atoms with Crippen molar-refractivity contribution in [2.24, 2.45) is 0 Å². The molecule has 134 valence electrons. The Morgan fingerprint density at radius 2 is 1.92 bits per heavy atom. The normalized spacial score (nSPS) is 17.6. The van der Waals surface area contributed by atoms with E-state index in [0.29, 0.717) is 18.7 Å². The fourth-order valence-electron chi connectivity index (χ4n) is 3.90. The van der Waals surface area contributed by atoms with Gasteiger partial charge >= 0.3 is 0 Å². The van der Waals surface area contributed by atoms with E-state index in [0.717, 1.165) is 40.1 Å². The lowest BCUT2D eigenvalue weighted by molar-refractivity contribution is -0.126. The maximum absolute atomic E-state index is 13.2. The van der Waals surface area contributed by atoms with Gasteiger partial charge < -0.3 is 14.6 Å². The summed E-state index contributed by atoms with van der Waals surface area (Å²) in [6.45, 7) is 2.49. The summed E-state index contributed by atoms with van der Waals surface area (Å²) in [5, 5.41) is 5.69. The third-order valence-corrected chi connectivity index (χ3v) is 5.34. The van der Waals surface area contributed by atoms with Crippen LogP contribution in [0.3, 0.4) is 0 Å². The molecule has 0 radical (unpaired) electrons. The predicted molar refractivity (Wildman–Crippen MR) is 101 cm³/mol. The molecule has 5 nitrogen and oxygen atoms in total. The summed E-state index contributed by atoms with van der Waals surface area (Å²) in [7, 11) is 1.61. The lowest BCUT2D eigenvalue weighted by Crippen LogP contribution is -2.51. The first kappa shape index (κ1) is 16.6. The van der Waals surface area contributed by atoms with Crippen molar-refractivity contribution in [3.63, 3.8) is 0 Å². The Kier molecular flexibility index (Phi) is 4.15. The monoisotopic (exact) mass is 350 g/mol. The zero-order valence-corrected chi connectivity index (χ0v) is 15.0. The summed E-state index contributed by atoms with van der Waals surface area (Å²) in [4.78, 5) is 27.1. The lowest BCUT2D eigenvalue weighted by atomic mass is 10.0. The van der Waals surface area contributed by atoms with Crippen LogP contribution < -0.4 is 5.32 Å². The number of benzene rings is 2. The van der Waals surface area contributed by atoms with Crippen LogP contribution in [-0.2, 0) is 4.79 Å². The van der Waals surface area contributed by atoms with Crippen LogP contribution in [0.5, 0.6) is 0 Å². The maximum Gasteiger partial charge on any atom is 0.290 e. The van der Waals surface area contributed by atoms with Crippen molar-refractivity contribution in [3.05, 3.63) is 47.7 Å². The summed E-state index contributed by atoms with van der Waals surface area (Å²) in [5.74, 6) is 0.0282. The van der Waals surface area contributed by atoms with Gasteiger partial charge in [0.1, 0.15) is 11.6 Å². The summed E-state index contributed by atoms with van der Waals surface area (Å²) >= 11 is 0. The molecule has 0 bridgehead atoms. The lowest BCUT2D eigenvalue weighted by Gasteiger charge is -2.33. The minimum absolute atomic E-state index is 0.114. The average Bonchev–Trinajstić information content (AvgIpc) is 3.04. The summed E-state index contributed by atoms with van der Waals surface area (Å²) in [6.07, 6.45) is 2.54. The zero-order valence-electron chi connectivity index (χ0n) is 15.0. The van der Waals surface area contributed by atoms with Crippen molar-refractivity contribution in [2.75, 3.05) is 13.6 Å². The van der Waals surface area contributed by atoms with Gasteiger partial charge in [0.25, 0.3) is 5.91 Å². The van der Waals surface area contributed by atoms with Crippen LogP contribution in [0.1, 0.15) is 35.4 Å². The number of nitrogens with zero attached hydrogens (tertiary/aromatic N) is 1. The Balaban J connectivity index is 1.80. The highest BCUT2D eigenvalue weighted by Crippen LogP contribution is 2.33. The van der Waals surface area contributed by atoms with Crippen LogP contribution in [0.4, 0.5) is 0 Å². The highest BCUT2D eigenvalue weighted by Gasteiger charge is 2.34. The second-order valence-corrected chi connectivity index (χ2v) is 6.84. The summed E-state index contributed by atoms with van der Waals surface area (Å²) in [6, 6.07) is 11.6. The largest absolute Gasteiger partial charge is 0.450 e. The molecule has 0 unspecified atom stereocenters. The Hall–Kier alpha value is -2.82. The fourth-order valence-corrected chi connectivity index (χ4v) is 3.90. The number of likely N-dealkylation sites (tertiary alicyclic amines) is 1. The van der Waals surface area contributed by atoms with Crippen LogP contribution in [0.25, 0.3) is 21.7 Å². The van der Waals surface area contributed by atoms with Gasteiger partial charge in [-0.1, -0.05) is 36.4 Å². The van der Waals surface area contributed by atoms with Gasteiger partial charge in [-0.05, 0) is 31.6 Å². The van der Waals surface area contributed by atoms with Gasteiger partial charge in [-0.15, -0.1) is 0 Å².